The molecule has 1 heterocycles. The average molecular weight is 280 g/mol. The van der Waals surface area contributed by atoms with Crippen molar-refractivity contribution in [2.24, 2.45) is 5.73 Å². The van der Waals surface area contributed by atoms with Crippen LogP contribution in [0.4, 0.5) is 0 Å². The summed E-state index contributed by atoms with van der Waals surface area (Å²) < 4.78 is 5.16. The van der Waals surface area contributed by atoms with Crippen LogP contribution in [0.3, 0.4) is 0 Å². The van der Waals surface area contributed by atoms with Crippen molar-refractivity contribution in [3.63, 3.8) is 0 Å². The molecule has 6 nitrogen and oxygen atoms in total. The normalized spacial score (nSPS) is 15.8. The van der Waals surface area contributed by atoms with E-state index >= 15 is 0 Å². The van der Waals surface area contributed by atoms with Crippen molar-refractivity contribution in [2.75, 3.05) is 32.8 Å². The molecule has 18 heavy (non-hydrogen) atoms. The number of hydrogen-bond acceptors (Lipinski definition) is 4. The number of amides is 2. The fourth-order valence-corrected chi connectivity index (χ4v) is 1.48. The monoisotopic (exact) mass is 279 g/mol. The minimum absolute atomic E-state index is 0. The van der Waals surface area contributed by atoms with Gasteiger partial charge in [-0.3, -0.25) is 9.59 Å². The van der Waals surface area contributed by atoms with Crippen LogP contribution in [-0.2, 0) is 14.3 Å². The highest BCUT2D eigenvalue weighted by Crippen LogP contribution is 2.00. The minimum atomic E-state index is -0.901. The first kappa shape index (κ1) is 17.2. The zero-order valence-corrected chi connectivity index (χ0v) is 11.7. The molecule has 0 spiro atoms. The van der Waals surface area contributed by atoms with Gasteiger partial charge in [0.05, 0.1) is 18.8 Å². The Balaban J connectivity index is 0.00000289. The van der Waals surface area contributed by atoms with Crippen LogP contribution >= 0.6 is 12.4 Å². The van der Waals surface area contributed by atoms with Gasteiger partial charge < -0.3 is 20.7 Å². The maximum atomic E-state index is 11.7. The van der Waals surface area contributed by atoms with Gasteiger partial charge in [-0.2, -0.15) is 0 Å². The van der Waals surface area contributed by atoms with Gasteiger partial charge in [0.1, 0.15) is 0 Å². The van der Waals surface area contributed by atoms with E-state index in [1.165, 1.54) is 0 Å². The van der Waals surface area contributed by atoms with Gasteiger partial charge in [0, 0.05) is 26.1 Å². The second kappa shape index (κ2) is 7.56. The molecule has 3 N–H and O–H groups in total. The number of carbonyl (C=O) groups excluding carboxylic acids is 2. The Morgan fingerprint density at radius 2 is 1.89 bits per heavy atom. The lowest BCUT2D eigenvalue weighted by Gasteiger charge is -2.27. The molecule has 0 bridgehead atoms. The third-order valence-electron chi connectivity index (χ3n) is 2.57. The van der Waals surface area contributed by atoms with E-state index in [1.54, 1.807) is 18.7 Å². The van der Waals surface area contributed by atoms with Crippen molar-refractivity contribution in [3.05, 3.63) is 0 Å². The molecule has 0 aromatic carbocycles. The molecule has 1 aliphatic rings. The predicted molar refractivity (Wildman–Crippen MR) is 70.5 cm³/mol. The van der Waals surface area contributed by atoms with E-state index in [9.17, 15) is 9.59 Å². The van der Waals surface area contributed by atoms with Crippen molar-refractivity contribution in [3.8, 4) is 0 Å². The molecule has 1 fully saturated rings. The fourth-order valence-electron chi connectivity index (χ4n) is 1.48. The number of rotatable bonds is 4. The highest BCUT2D eigenvalue weighted by atomic mass is 35.5. The molecular formula is C11H22ClN3O3. The molecule has 0 saturated carbocycles. The average Bonchev–Trinajstić information content (AvgIpc) is 2.28. The molecule has 0 atom stereocenters. The van der Waals surface area contributed by atoms with Gasteiger partial charge in [0.15, 0.2) is 0 Å². The Morgan fingerprint density at radius 1 is 1.33 bits per heavy atom. The topological polar surface area (TPSA) is 84.7 Å². The van der Waals surface area contributed by atoms with Crippen molar-refractivity contribution in [1.82, 2.24) is 10.2 Å². The maximum Gasteiger partial charge on any atom is 0.239 e. The van der Waals surface area contributed by atoms with Crippen LogP contribution < -0.4 is 11.1 Å². The molecule has 1 saturated heterocycles. The number of nitrogens with zero attached hydrogens (tertiary/aromatic N) is 1. The highest BCUT2D eigenvalue weighted by Gasteiger charge is 2.22. The first-order valence-electron chi connectivity index (χ1n) is 5.84. The number of nitrogens with two attached hydrogens (primary N) is 1. The highest BCUT2D eigenvalue weighted by molar-refractivity contribution is 5.86. The van der Waals surface area contributed by atoms with E-state index < -0.39 is 5.54 Å². The second-order valence-electron chi connectivity index (χ2n) is 4.72. The van der Waals surface area contributed by atoms with Crippen LogP contribution in [0.1, 0.15) is 20.3 Å². The van der Waals surface area contributed by atoms with E-state index in [4.69, 9.17) is 10.5 Å². The summed E-state index contributed by atoms with van der Waals surface area (Å²) in [5, 5.41) is 2.65. The Morgan fingerprint density at radius 3 is 2.39 bits per heavy atom. The van der Waals surface area contributed by atoms with Crippen molar-refractivity contribution < 1.29 is 14.3 Å². The van der Waals surface area contributed by atoms with Crippen molar-refractivity contribution >= 4 is 24.2 Å². The molecule has 0 aromatic rings. The van der Waals surface area contributed by atoms with E-state index in [0.717, 1.165) is 0 Å². The lowest BCUT2D eigenvalue weighted by atomic mass is 10.1. The van der Waals surface area contributed by atoms with Gasteiger partial charge in [0.25, 0.3) is 0 Å². The van der Waals surface area contributed by atoms with Gasteiger partial charge in [-0.1, -0.05) is 0 Å². The third kappa shape index (κ3) is 5.66. The summed E-state index contributed by atoms with van der Waals surface area (Å²) in [6.07, 6.45) is 0.307. The van der Waals surface area contributed by atoms with Gasteiger partial charge >= 0.3 is 0 Å². The molecule has 1 aliphatic heterocycles. The largest absolute Gasteiger partial charge is 0.378 e. The Bertz CT molecular complexity index is 286. The molecule has 2 amide bonds. The Labute approximate surface area is 114 Å². The first-order chi connectivity index (χ1) is 7.91. The standard InChI is InChI=1S/C11H21N3O3.ClH/c1-11(2,12)10(16)13-4-3-9(15)14-5-7-17-8-6-14;/h3-8,12H2,1-2H3,(H,13,16);1H. The van der Waals surface area contributed by atoms with Crippen LogP contribution in [0.2, 0.25) is 0 Å². The molecule has 0 aliphatic carbocycles. The second-order valence-corrected chi connectivity index (χ2v) is 4.72. The summed E-state index contributed by atoms with van der Waals surface area (Å²) in [5.41, 5.74) is 4.71. The molecule has 0 radical (unpaired) electrons. The van der Waals surface area contributed by atoms with Gasteiger partial charge in [0.2, 0.25) is 11.8 Å². The van der Waals surface area contributed by atoms with E-state index in [-0.39, 0.29) is 24.2 Å². The van der Waals surface area contributed by atoms with Gasteiger partial charge in [-0.15, -0.1) is 12.4 Å². The van der Waals surface area contributed by atoms with Crippen LogP contribution in [0.15, 0.2) is 0 Å². The molecule has 7 heteroatoms. The number of nitrogens with one attached hydrogen (secondary N) is 1. The van der Waals surface area contributed by atoms with E-state index in [0.29, 0.717) is 39.3 Å². The Kier molecular flexibility index (Phi) is 7.20. The maximum absolute atomic E-state index is 11.7. The summed E-state index contributed by atoms with van der Waals surface area (Å²) in [6.45, 7) is 6.04. The third-order valence-corrected chi connectivity index (χ3v) is 2.57. The zero-order chi connectivity index (χ0) is 12.9. The summed E-state index contributed by atoms with van der Waals surface area (Å²) in [6, 6.07) is 0. The number of hydrogen-bond donors (Lipinski definition) is 2. The number of carbonyl (C=O) groups is 2. The van der Waals surface area contributed by atoms with Gasteiger partial charge in [-0.25, -0.2) is 0 Å². The van der Waals surface area contributed by atoms with Gasteiger partial charge in [-0.05, 0) is 13.8 Å². The molecular weight excluding hydrogens is 258 g/mol. The summed E-state index contributed by atoms with van der Waals surface area (Å²) >= 11 is 0. The van der Waals surface area contributed by atoms with Crippen molar-refractivity contribution in [1.29, 1.82) is 0 Å². The molecule has 0 unspecified atom stereocenters. The Hall–Kier alpha value is -0.850. The SMILES string of the molecule is CC(C)(N)C(=O)NCCC(=O)N1CCOCC1.Cl. The van der Waals surface area contributed by atoms with Crippen LogP contribution in [0, 0.1) is 0 Å². The van der Waals surface area contributed by atoms with E-state index in [1.807, 2.05) is 0 Å². The summed E-state index contributed by atoms with van der Waals surface area (Å²) in [5.74, 6) is -0.198. The minimum Gasteiger partial charge on any atom is -0.378 e. The molecule has 0 aromatic heterocycles. The fraction of sp³-hybridized carbons (Fsp3) is 0.818. The zero-order valence-electron chi connectivity index (χ0n) is 10.9. The lowest BCUT2D eigenvalue weighted by Crippen LogP contribution is -2.50. The van der Waals surface area contributed by atoms with E-state index in [2.05, 4.69) is 5.32 Å². The molecule has 106 valence electrons. The molecule has 1 rings (SSSR count). The summed E-state index contributed by atoms with van der Waals surface area (Å²) in [7, 11) is 0. The lowest BCUT2D eigenvalue weighted by molar-refractivity contribution is -0.135. The smallest absolute Gasteiger partial charge is 0.239 e. The summed E-state index contributed by atoms with van der Waals surface area (Å²) in [4.78, 5) is 24.9. The van der Waals surface area contributed by atoms with Crippen LogP contribution in [0.25, 0.3) is 0 Å². The van der Waals surface area contributed by atoms with Crippen LogP contribution in [-0.4, -0.2) is 55.1 Å². The predicted octanol–water partition coefficient (Wildman–Crippen LogP) is -0.489. The van der Waals surface area contributed by atoms with Crippen LogP contribution in [0.5, 0.6) is 0 Å². The number of morpholine rings is 1. The first-order valence-corrected chi connectivity index (χ1v) is 5.84. The van der Waals surface area contributed by atoms with Crippen molar-refractivity contribution in [2.45, 2.75) is 25.8 Å². The quantitative estimate of drug-likeness (QED) is 0.727. The number of halogens is 1. The number of ether oxygens (including phenoxy) is 1.